The summed E-state index contributed by atoms with van der Waals surface area (Å²) in [5.74, 6) is -0.409. The molecular formula is C66H62N2O2. The molecule has 0 radical (unpaired) electrons. The van der Waals surface area contributed by atoms with Crippen LogP contribution in [0.25, 0.3) is 88.6 Å². The minimum atomic E-state index is -2.80. The lowest BCUT2D eigenvalue weighted by atomic mass is 9.56. The number of furan rings is 1. The van der Waals surface area contributed by atoms with Gasteiger partial charge >= 0.3 is 0 Å². The van der Waals surface area contributed by atoms with E-state index in [0.29, 0.717) is 44.5 Å². The Balaban J connectivity index is 1.05. The zero-order chi connectivity index (χ0) is 57.1. The van der Waals surface area contributed by atoms with Crippen LogP contribution in [0.15, 0.2) is 156 Å². The molecule has 10 aromatic rings. The van der Waals surface area contributed by atoms with Crippen LogP contribution in [0.4, 0.5) is 0 Å². The highest BCUT2D eigenvalue weighted by molar-refractivity contribution is 6.17. The maximum absolute atomic E-state index is 9.67. The first-order valence-electron chi connectivity index (χ1n) is 29.1. The van der Waals surface area contributed by atoms with Gasteiger partial charge in [-0.15, -0.1) is 0 Å². The molecule has 1 fully saturated rings. The van der Waals surface area contributed by atoms with Crippen LogP contribution in [0.1, 0.15) is 106 Å². The minimum absolute atomic E-state index is 0.0316. The molecular weight excluding hydrogens is 853 g/mol. The second-order valence-electron chi connectivity index (χ2n) is 20.6. The highest BCUT2D eigenvalue weighted by Crippen LogP contribution is 2.54. The van der Waals surface area contributed by atoms with Crippen LogP contribution >= 0.6 is 0 Å². The Bertz CT molecular complexity index is 4100. The Kier molecular flexibility index (Phi) is 8.62. The van der Waals surface area contributed by atoms with Crippen LogP contribution in [-0.4, -0.2) is 9.97 Å². The van der Waals surface area contributed by atoms with Gasteiger partial charge in [0.2, 0.25) is 0 Å². The molecule has 1 aliphatic rings. The van der Waals surface area contributed by atoms with Gasteiger partial charge in [0, 0.05) is 53.4 Å². The largest absolute Gasteiger partial charge is 0.457 e. The fraction of sp³-hybridized carbons (Fsp3) is 0.242. The summed E-state index contributed by atoms with van der Waals surface area (Å²) in [6, 6.07) is 44.2. The lowest BCUT2D eigenvalue weighted by molar-refractivity contribution is 0.0398. The van der Waals surface area contributed by atoms with E-state index in [0.717, 1.165) is 86.1 Å². The topological polar surface area (TPSA) is 48.2 Å². The van der Waals surface area contributed by atoms with Gasteiger partial charge in [0.15, 0.2) is 0 Å². The van der Waals surface area contributed by atoms with Crippen molar-refractivity contribution >= 4 is 32.7 Å². The van der Waals surface area contributed by atoms with Gasteiger partial charge in [-0.3, -0.25) is 9.97 Å². The molecule has 3 heterocycles. The Hall–Kier alpha value is -7.30. The lowest BCUT2D eigenvalue weighted by Gasteiger charge is -2.49. The fourth-order valence-electron chi connectivity index (χ4n) is 10.5. The van der Waals surface area contributed by atoms with Crippen molar-refractivity contribution in [1.82, 2.24) is 9.97 Å². The van der Waals surface area contributed by atoms with Gasteiger partial charge in [-0.1, -0.05) is 125 Å². The van der Waals surface area contributed by atoms with Crippen molar-refractivity contribution in [2.75, 3.05) is 0 Å². The van der Waals surface area contributed by atoms with Crippen LogP contribution in [0.5, 0.6) is 11.5 Å². The Morgan fingerprint density at radius 2 is 1.31 bits per heavy atom. The van der Waals surface area contributed by atoms with E-state index in [9.17, 15) is 1.37 Å². The molecule has 4 heteroatoms. The highest BCUT2D eigenvalue weighted by Gasteiger charge is 2.42. The molecule has 4 nitrogen and oxygen atoms in total. The number of fused-ring (bicyclic) bond motifs is 5. The van der Waals surface area contributed by atoms with Gasteiger partial charge in [-0.05, 0) is 197 Å². The average molecular weight is 925 g/mol. The van der Waals surface area contributed by atoms with Crippen molar-refractivity contribution in [2.45, 2.75) is 94.2 Å². The number of aryl methyl sites for hydroxylation is 5. The van der Waals surface area contributed by atoms with E-state index in [1.54, 1.807) is 36.4 Å². The molecule has 0 aliphatic heterocycles. The van der Waals surface area contributed by atoms with Crippen molar-refractivity contribution in [2.24, 2.45) is 10.8 Å². The smallest absolute Gasteiger partial charge is 0.145 e. The summed E-state index contributed by atoms with van der Waals surface area (Å²) in [7, 11) is 0. The average Bonchev–Trinajstić information content (AvgIpc) is 4.02. The molecule has 70 heavy (non-hydrogen) atoms. The number of hydrogen-bond acceptors (Lipinski definition) is 4. The zero-order valence-electron chi connectivity index (χ0n) is 50.8. The molecule has 0 saturated heterocycles. The van der Waals surface area contributed by atoms with Crippen molar-refractivity contribution in [3.05, 3.63) is 191 Å². The number of benzene rings is 7. The number of pyridine rings is 2. The van der Waals surface area contributed by atoms with E-state index in [-0.39, 0.29) is 39.1 Å². The third kappa shape index (κ3) is 7.98. The number of ether oxygens (including phenoxy) is 1. The standard InChI is InChI=1S/C66H62N2O2/c1-39-30-60(67-37-42(39)4)50-31-57(45-16-12-11-13-17-45)44(6)62(32-50)69-51-33-58-55-25-20-46-18-14-15-19-54(46)63(55)70-64(58)59(34-51)61-35-56(43(5)38-68-61)53-24-22-48(29-41(53)3)52-23-21-47(28-40(52)2)49-26-27-65(7,8)66(9,10)36-49/h11-25,28-35,37-38,49H,26-27,36H2,1-10H3/i1D3,4D3,6D3,49D. The maximum atomic E-state index is 9.67. The van der Waals surface area contributed by atoms with Crippen LogP contribution in [0.2, 0.25) is 0 Å². The van der Waals surface area contributed by atoms with E-state index < -0.39 is 32.0 Å². The summed E-state index contributed by atoms with van der Waals surface area (Å²) in [6.45, 7) is 7.28. The molecule has 0 bridgehead atoms. The molecule has 1 unspecified atom stereocenters. The van der Waals surface area contributed by atoms with E-state index in [1.807, 2.05) is 61.7 Å². The second-order valence-corrected chi connectivity index (χ2v) is 20.6. The lowest BCUT2D eigenvalue weighted by Crippen LogP contribution is -2.38. The van der Waals surface area contributed by atoms with Crippen LogP contribution in [-0.2, 0) is 0 Å². The molecule has 0 spiro atoms. The summed E-state index contributed by atoms with van der Waals surface area (Å²) >= 11 is 0. The van der Waals surface area contributed by atoms with Crippen molar-refractivity contribution < 1.29 is 22.9 Å². The normalized spacial score (nSPS) is 19.2. The Morgan fingerprint density at radius 3 is 2.10 bits per heavy atom. The molecule has 1 atom stereocenters. The molecule has 3 aromatic heterocycles. The second kappa shape index (κ2) is 17.3. The van der Waals surface area contributed by atoms with E-state index in [4.69, 9.17) is 26.5 Å². The fourth-order valence-corrected chi connectivity index (χ4v) is 10.5. The van der Waals surface area contributed by atoms with E-state index >= 15 is 0 Å². The minimum Gasteiger partial charge on any atom is -0.457 e. The summed E-state index contributed by atoms with van der Waals surface area (Å²) in [5, 5.41) is 3.41. The van der Waals surface area contributed by atoms with Crippen LogP contribution in [0.3, 0.4) is 0 Å². The van der Waals surface area contributed by atoms with Gasteiger partial charge in [0.25, 0.3) is 0 Å². The molecule has 0 amide bonds. The van der Waals surface area contributed by atoms with Crippen LogP contribution < -0.4 is 4.74 Å². The van der Waals surface area contributed by atoms with Crippen molar-refractivity contribution in [3.63, 3.8) is 0 Å². The maximum Gasteiger partial charge on any atom is 0.145 e. The third-order valence-corrected chi connectivity index (χ3v) is 15.4. The molecule has 11 rings (SSSR count). The summed E-state index contributed by atoms with van der Waals surface area (Å²) in [4.78, 5) is 9.52. The monoisotopic (exact) mass is 925 g/mol. The Morgan fingerprint density at radius 1 is 0.543 bits per heavy atom. The summed E-state index contributed by atoms with van der Waals surface area (Å²) in [5.41, 5.74) is 11.4. The van der Waals surface area contributed by atoms with Crippen molar-refractivity contribution in [1.29, 1.82) is 0 Å². The predicted octanol–water partition coefficient (Wildman–Crippen LogP) is 18.8. The Labute approximate surface area is 427 Å². The van der Waals surface area contributed by atoms with Gasteiger partial charge in [-0.2, -0.15) is 0 Å². The van der Waals surface area contributed by atoms with Gasteiger partial charge in [0.05, 0.1) is 11.4 Å². The third-order valence-electron chi connectivity index (χ3n) is 15.4. The van der Waals surface area contributed by atoms with Gasteiger partial charge < -0.3 is 9.15 Å². The number of rotatable bonds is 8. The van der Waals surface area contributed by atoms with E-state index in [2.05, 4.69) is 89.0 Å². The molecule has 1 aliphatic carbocycles. The van der Waals surface area contributed by atoms with Crippen molar-refractivity contribution in [3.8, 4) is 67.4 Å². The first kappa shape index (κ1) is 34.9. The first-order chi connectivity index (χ1) is 37.6. The quantitative estimate of drug-likeness (QED) is 0.152. The van der Waals surface area contributed by atoms with E-state index in [1.165, 1.54) is 12.1 Å². The molecule has 348 valence electrons. The summed E-state index contributed by atoms with van der Waals surface area (Å²) in [6.07, 6.45) is 5.55. The number of nitrogens with zero attached hydrogens (tertiary/aromatic N) is 2. The number of aromatic nitrogens is 2. The summed E-state index contributed by atoms with van der Waals surface area (Å²) < 4.78 is 99.7. The van der Waals surface area contributed by atoms with Gasteiger partial charge in [-0.25, -0.2) is 0 Å². The predicted molar refractivity (Wildman–Crippen MR) is 293 cm³/mol. The van der Waals surface area contributed by atoms with Crippen LogP contribution in [0, 0.1) is 52.2 Å². The zero-order valence-corrected chi connectivity index (χ0v) is 40.8. The first-order valence-corrected chi connectivity index (χ1v) is 24.1. The molecule has 7 aromatic carbocycles. The SMILES string of the molecule is [2H]C([2H])([2H])c1cnc(-c2cc(Oc3cc(-c4cc(-c5ccc(-c6ccc(C7([2H])CCC(C)(C)C(C)(C)C7)cc6C)cc5C)c(C)cn4)c4oc5c6ccccc6ccc5c4c3)c(C([2H])([2H])[2H])c(-c3ccccc3)c2)cc1C([2H])([2H])[2H]. The highest BCUT2D eigenvalue weighted by atomic mass is 16.5. The molecule has 1 saturated carbocycles. The number of hydrogen-bond donors (Lipinski definition) is 0. The van der Waals surface area contributed by atoms with Gasteiger partial charge in [0.1, 0.15) is 22.7 Å². The molecule has 0 N–H and O–H groups in total.